The van der Waals surface area contributed by atoms with Crippen LogP contribution in [0.1, 0.15) is 13.3 Å². The van der Waals surface area contributed by atoms with E-state index in [1.807, 2.05) is 0 Å². The van der Waals surface area contributed by atoms with Crippen molar-refractivity contribution in [3.8, 4) is 0 Å². The molecule has 0 radical (unpaired) electrons. The zero-order chi connectivity index (χ0) is 15.6. The third-order valence-corrected chi connectivity index (χ3v) is 5.29. The Balaban J connectivity index is 2.46. The smallest absolute Gasteiger partial charge is 0.408 e. The summed E-state index contributed by atoms with van der Waals surface area (Å²) in [6.45, 7) is 2.21. The summed E-state index contributed by atoms with van der Waals surface area (Å²) in [7, 11) is -2.11. The van der Waals surface area contributed by atoms with Crippen LogP contribution in [0.4, 0.5) is 0 Å². The minimum atomic E-state index is -3.67. The van der Waals surface area contributed by atoms with Crippen molar-refractivity contribution in [3.63, 3.8) is 0 Å². The molecular weight excluding hydrogens is 296 g/mol. The minimum Gasteiger partial charge on any atom is -0.408 e. The number of aliphatic hydroxyl groups excluding tert-OH is 1. The number of benzene rings is 1. The van der Waals surface area contributed by atoms with Gasteiger partial charge in [0.05, 0.1) is 10.4 Å². The number of aromatic nitrogens is 1. The fourth-order valence-corrected chi connectivity index (χ4v) is 3.62. The van der Waals surface area contributed by atoms with Gasteiger partial charge in [-0.3, -0.25) is 4.57 Å². The van der Waals surface area contributed by atoms with E-state index in [4.69, 9.17) is 9.52 Å². The van der Waals surface area contributed by atoms with E-state index < -0.39 is 15.8 Å². The van der Waals surface area contributed by atoms with Crippen molar-refractivity contribution in [1.82, 2.24) is 8.87 Å². The molecule has 2 rings (SSSR count). The number of hydrogen-bond donors (Lipinski definition) is 1. The van der Waals surface area contributed by atoms with Crippen molar-refractivity contribution in [1.29, 1.82) is 0 Å². The second-order valence-corrected chi connectivity index (χ2v) is 6.57. The quantitative estimate of drug-likeness (QED) is 0.839. The van der Waals surface area contributed by atoms with E-state index in [-0.39, 0.29) is 23.6 Å². The van der Waals surface area contributed by atoms with Crippen LogP contribution in [0.25, 0.3) is 11.1 Å². The zero-order valence-corrected chi connectivity index (χ0v) is 12.8. The molecule has 0 unspecified atom stereocenters. The molecule has 0 saturated carbocycles. The lowest BCUT2D eigenvalue weighted by molar-refractivity contribution is 0.271. The molecule has 1 N–H and O–H groups in total. The number of fused-ring (bicyclic) bond motifs is 1. The van der Waals surface area contributed by atoms with Crippen LogP contribution in [0.15, 0.2) is 32.3 Å². The van der Waals surface area contributed by atoms with Crippen LogP contribution < -0.4 is 5.76 Å². The number of hydrogen-bond acceptors (Lipinski definition) is 5. The maximum atomic E-state index is 12.5. The largest absolute Gasteiger partial charge is 0.419 e. The Morgan fingerprint density at radius 1 is 1.38 bits per heavy atom. The van der Waals surface area contributed by atoms with Crippen LogP contribution in [0.5, 0.6) is 0 Å². The fourth-order valence-electron chi connectivity index (χ4n) is 2.12. The molecule has 0 fully saturated rings. The standard InChI is InChI=1S/C13H18N2O5S/c1-3-15(7-4-8-16)21(18,19)10-5-6-11-12(9-10)20-13(17)14(11)2/h5-6,9,16H,3-4,7-8H2,1-2H3. The van der Waals surface area contributed by atoms with Gasteiger partial charge in [0.15, 0.2) is 5.58 Å². The Kier molecular flexibility index (Phi) is 4.50. The molecule has 0 amide bonds. The van der Waals surface area contributed by atoms with E-state index in [1.54, 1.807) is 20.0 Å². The van der Waals surface area contributed by atoms with Crippen LogP contribution in [-0.2, 0) is 17.1 Å². The topological polar surface area (TPSA) is 92.8 Å². The summed E-state index contributed by atoms with van der Waals surface area (Å²) in [6, 6.07) is 4.36. The lowest BCUT2D eigenvalue weighted by Gasteiger charge is -2.19. The van der Waals surface area contributed by atoms with Gasteiger partial charge in [-0.2, -0.15) is 4.31 Å². The first-order valence-electron chi connectivity index (χ1n) is 6.62. The summed E-state index contributed by atoms with van der Waals surface area (Å²) in [5.41, 5.74) is 0.777. The molecule has 7 nitrogen and oxygen atoms in total. The third kappa shape index (κ3) is 2.87. The van der Waals surface area contributed by atoms with Crippen LogP contribution in [0, 0.1) is 0 Å². The highest BCUT2D eigenvalue weighted by atomic mass is 32.2. The Hall–Kier alpha value is -1.64. The van der Waals surface area contributed by atoms with E-state index in [0.29, 0.717) is 18.5 Å². The molecule has 0 spiro atoms. The molecular formula is C13H18N2O5S. The minimum absolute atomic E-state index is 0.0708. The number of oxazole rings is 1. The Labute approximate surface area is 122 Å². The second-order valence-electron chi connectivity index (χ2n) is 4.63. The summed E-state index contributed by atoms with van der Waals surface area (Å²) in [6.07, 6.45) is 0.371. The van der Waals surface area contributed by atoms with Gasteiger partial charge < -0.3 is 9.52 Å². The Morgan fingerprint density at radius 2 is 2.10 bits per heavy atom. The highest BCUT2D eigenvalue weighted by molar-refractivity contribution is 7.89. The SMILES string of the molecule is CCN(CCCO)S(=O)(=O)c1ccc2c(c1)oc(=O)n2C. The molecule has 1 aromatic heterocycles. The molecule has 0 aliphatic rings. The van der Waals surface area contributed by atoms with Crippen LogP contribution in [0.2, 0.25) is 0 Å². The van der Waals surface area contributed by atoms with Crippen molar-refractivity contribution in [2.45, 2.75) is 18.2 Å². The van der Waals surface area contributed by atoms with E-state index in [1.165, 1.54) is 21.0 Å². The molecule has 2 aromatic rings. The lowest BCUT2D eigenvalue weighted by atomic mass is 10.3. The van der Waals surface area contributed by atoms with E-state index in [2.05, 4.69) is 0 Å². The molecule has 0 atom stereocenters. The summed E-state index contributed by atoms with van der Waals surface area (Å²) < 4.78 is 32.7. The lowest BCUT2D eigenvalue weighted by Crippen LogP contribution is -2.32. The number of sulfonamides is 1. The number of rotatable bonds is 6. The van der Waals surface area contributed by atoms with Gasteiger partial charge in [-0.15, -0.1) is 0 Å². The predicted octanol–water partition coefficient (Wildman–Crippen LogP) is 0.524. The summed E-state index contributed by atoms with van der Waals surface area (Å²) >= 11 is 0. The number of aryl methyl sites for hydroxylation is 1. The van der Waals surface area contributed by atoms with Crippen molar-refractivity contribution < 1.29 is 17.9 Å². The van der Waals surface area contributed by atoms with Gasteiger partial charge >= 0.3 is 5.76 Å². The van der Waals surface area contributed by atoms with Gasteiger partial charge in [-0.1, -0.05) is 6.92 Å². The fraction of sp³-hybridized carbons (Fsp3) is 0.462. The summed E-state index contributed by atoms with van der Waals surface area (Å²) in [5.74, 6) is -0.535. The maximum absolute atomic E-state index is 12.5. The number of nitrogens with zero attached hydrogens (tertiary/aromatic N) is 2. The average Bonchev–Trinajstić information content (AvgIpc) is 2.74. The first-order valence-corrected chi connectivity index (χ1v) is 8.06. The second kappa shape index (κ2) is 6.00. The predicted molar refractivity (Wildman–Crippen MR) is 77.6 cm³/mol. The number of aliphatic hydroxyl groups is 1. The molecule has 0 aliphatic heterocycles. The molecule has 0 bridgehead atoms. The zero-order valence-electron chi connectivity index (χ0n) is 11.9. The average molecular weight is 314 g/mol. The summed E-state index contributed by atoms with van der Waals surface area (Å²) in [4.78, 5) is 11.5. The maximum Gasteiger partial charge on any atom is 0.419 e. The Morgan fingerprint density at radius 3 is 2.71 bits per heavy atom. The van der Waals surface area contributed by atoms with Gasteiger partial charge in [0.2, 0.25) is 10.0 Å². The normalized spacial score (nSPS) is 12.4. The van der Waals surface area contributed by atoms with Crippen molar-refractivity contribution in [3.05, 3.63) is 28.7 Å². The molecule has 0 aliphatic carbocycles. The molecule has 1 aromatic carbocycles. The van der Waals surface area contributed by atoms with Gasteiger partial charge in [0.25, 0.3) is 0 Å². The van der Waals surface area contributed by atoms with Gasteiger partial charge in [-0.05, 0) is 18.6 Å². The van der Waals surface area contributed by atoms with Crippen LogP contribution in [0.3, 0.4) is 0 Å². The van der Waals surface area contributed by atoms with Crippen LogP contribution >= 0.6 is 0 Å². The van der Waals surface area contributed by atoms with E-state index in [9.17, 15) is 13.2 Å². The van der Waals surface area contributed by atoms with Crippen LogP contribution in [-0.4, -0.2) is 42.1 Å². The summed E-state index contributed by atoms with van der Waals surface area (Å²) in [5, 5.41) is 8.85. The van der Waals surface area contributed by atoms with Gasteiger partial charge in [0, 0.05) is 32.8 Å². The third-order valence-electron chi connectivity index (χ3n) is 3.32. The first kappa shape index (κ1) is 15.7. The van der Waals surface area contributed by atoms with Crippen molar-refractivity contribution in [2.24, 2.45) is 7.05 Å². The first-order chi connectivity index (χ1) is 9.91. The molecule has 0 saturated heterocycles. The molecule has 21 heavy (non-hydrogen) atoms. The Bertz CT molecular complexity index is 790. The highest BCUT2D eigenvalue weighted by Gasteiger charge is 2.23. The molecule has 8 heteroatoms. The van der Waals surface area contributed by atoms with E-state index in [0.717, 1.165) is 0 Å². The van der Waals surface area contributed by atoms with E-state index >= 15 is 0 Å². The molecule has 1 heterocycles. The van der Waals surface area contributed by atoms with Crippen molar-refractivity contribution >= 4 is 21.1 Å². The monoisotopic (exact) mass is 314 g/mol. The highest BCUT2D eigenvalue weighted by Crippen LogP contribution is 2.21. The van der Waals surface area contributed by atoms with Gasteiger partial charge in [0.1, 0.15) is 0 Å². The molecule has 116 valence electrons. The van der Waals surface area contributed by atoms with Gasteiger partial charge in [-0.25, -0.2) is 13.2 Å². The van der Waals surface area contributed by atoms with Crippen molar-refractivity contribution in [2.75, 3.05) is 19.7 Å².